The highest BCUT2D eigenvalue weighted by molar-refractivity contribution is 6.08. The first-order valence-electron chi connectivity index (χ1n) is 10.2. The summed E-state index contributed by atoms with van der Waals surface area (Å²) in [6.45, 7) is 9.08. The zero-order valence-electron chi connectivity index (χ0n) is 18.6. The van der Waals surface area contributed by atoms with Crippen molar-refractivity contribution >= 4 is 28.6 Å². The first-order chi connectivity index (χ1) is 15.2. The van der Waals surface area contributed by atoms with Crippen molar-refractivity contribution < 1.29 is 18.5 Å². The number of hydrogen-bond acceptors (Lipinski definition) is 6. The molecule has 0 fully saturated rings. The first kappa shape index (κ1) is 21.3. The van der Waals surface area contributed by atoms with Gasteiger partial charge in [0, 0.05) is 11.3 Å². The number of fused-ring (bicyclic) bond motifs is 1. The molecule has 0 aliphatic rings. The molecule has 0 atom stereocenters. The highest BCUT2D eigenvalue weighted by atomic mass is 16.5. The van der Waals surface area contributed by atoms with Crippen molar-refractivity contribution in [1.29, 1.82) is 0 Å². The zero-order chi connectivity index (χ0) is 23.0. The largest absolute Gasteiger partial charge is 0.466 e. The van der Waals surface area contributed by atoms with Crippen molar-refractivity contribution in [3.05, 3.63) is 64.2 Å². The Morgan fingerprint density at radius 3 is 2.41 bits per heavy atom. The van der Waals surface area contributed by atoms with E-state index in [1.54, 1.807) is 13.0 Å². The number of benzene rings is 1. The Kier molecular flexibility index (Phi) is 5.52. The SMILES string of the molecule is Cc1cc(-c2cc(C(=O)NCC(=O)Nc3c(C)cccc3C)c3c(C)noc3n2)c(C)o1. The van der Waals surface area contributed by atoms with Gasteiger partial charge in [0.1, 0.15) is 11.5 Å². The van der Waals surface area contributed by atoms with Gasteiger partial charge in [-0.25, -0.2) is 4.98 Å². The molecule has 8 heteroatoms. The predicted octanol–water partition coefficient (Wildman–Crippen LogP) is 4.39. The Morgan fingerprint density at radius 2 is 1.75 bits per heavy atom. The van der Waals surface area contributed by atoms with Crippen molar-refractivity contribution in [1.82, 2.24) is 15.5 Å². The number of nitrogens with one attached hydrogen (secondary N) is 2. The van der Waals surface area contributed by atoms with Crippen molar-refractivity contribution in [3.8, 4) is 11.3 Å². The molecule has 4 aromatic rings. The summed E-state index contributed by atoms with van der Waals surface area (Å²) in [5.74, 6) is 0.691. The van der Waals surface area contributed by atoms with Crippen LogP contribution in [-0.4, -0.2) is 28.5 Å². The number of carbonyl (C=O) groups excluding carboxylic acids is 2. The minimum Gasteiger partial charge on any atom is -0.466 e. The molecule has 3 heterocycles. The van der Waals surface area contributed by atoms with E-state index in [2.05, 4.69) is 20.8 Å². The molecule has 0 aliphatic heterocycles. The molecule has 8 nitrogen and oxygen atoms in total. The van der Waals surface area contributed by atoms with E-state index in [9.17, 15) is 9.59 Å². The fourth-order valence-corrected chi connectivity index (χ4v) is 3.75. The van der Waals surface area contributed by atoms with E-state index in [1.165, 1.54) is 0 Å². The van der Waals surface area contributed by atoms with E-state index >= 15 is 0 Å². The lowest BCUT2D eigenvalue weighted by Crippen LogP contribution is -2.33. The van der Waals surface area contributed by atoms with Crippen molar-refractivity contribution in [2.24, 2.45) is 0 Å². The third-order valence-electron chi connectivity index (χ3n) is 5.33. The van der Waals surface area contributed by atoms with Crippen LogP contribution in [0, 0.1) is 34.6 Å². The minimum atomic E-state index is -0.417. The summed E-state index contributed by atoms with van der Waals surface area (Å²) in [6, 6.07) is 9.29. The number of nitrogens with zero attached hydrogens (tertiary/aromatic N) is 2. The van der Waals surface area contributed by atoms with E-state index in [0.29, 0.717) is 28.1 Å². The summed E-state index contributed by atoms with van der Waals surface area (Å²) in [6.07, 6.45) is 0. The van der Waals surface area contributed by atoms with Crippen LogP contribution in [0.4, 0.5) is 5.69 Å². The predicted molar refractivity (Wildman–Crippen MR) is 121 cm³/mol. The quantitative estimate of drug-likeness (QED) is 0.484. The fraction of sp³-hybridized carbons (Fsp3) is 0.250. The molecule has 0 saturated carbocycles. The molecule has 4 rings (SSSR count). The summed E-state index contributed by atoms with van der Waals surface area (Å²) < 4.78 is 10.9. The molecule has 0 radical (unpaired) electrons. The lowest BCUT2D eigenvalue weighted by atomic mass is 10.1. The number of pyridine rings is 1. The van der Waals surface area contributed by atoms with Crippen LogP contribution in [0.15, 0.2) is 39.3 Å². The molecule has 3 aromatic heterocycles. The van der Waals surface area contributed by atoms with Crippen molar-refractivity contribution in [3.63, 3.8) is 0 Å². The lowest BCUT2D eigenvalue weighted by Gasteiger charge is -2.12. The fourth-order valence-electron chi connectivity index (χ4n) is 3.75. The van der Waals surface area contributed by atoms with Crippen LogP contribution in [0.25, 0.3) is 22.4 Å². The maximum Gasteiger partial charge on any atom is 0.259 e. The number of para-hydroxylation sites is 1. The summed E-state index contributed by atoms with van der Waals surface area (Å²) in [5, 5.41) is 10.0. The third-order valence-corrected chi connectivity index (χ3v) is 5.33. The first-order valence-corrected chi connectivity index (χ1v) is 10.2. The number of furan rings is 1. The average Bonchev–Trinajstić information content (AvgIpc) is 3.29. The zero-order valence-corrected chi connectivity index (χ0v) is 18.6. The monoisotopic (exact) mass is 432 g/mol. The normalized spacial score (nSPS) is 11.0. The Labute approximate surface area is 185 Å². The molecule has 32 heavy (non-hydrogen) atoms. The van der Waals surface area contributed by atoms with Crippen LogP contribution >= 0.6 is 0 Å². The molecule has 0 aliphatic carbocycles. The number of amides is 2. The highest BCUT2D eigenvalue weighted by Gasteiger charge is 2.21. The highest BCUT2D eigenvalue weighted by Crippen LogP contribution is 2.30. The summed E-state index contributed by atoms with van der Waals surface area (Å²) >= 11 is 0. The number of rotatable bonds is 5. The second-order valence-corrected chi connectivity index (χ2v) is 7.83. The third kappa shape index (κ3) is 3.99. The van der Waals surface area contributed by atoms with Crippen LogP contribution in [-0.2, 0) is 4.79 Å². The molecule has 1 aromatic carbocycles. The minimum absolute atomic E-state index is 0.181. The lowest BCUT2D eigenvalue weighted by molar-refractivity contribution is -0.115. The number of hydrogen-bond donors (Lipinski definition) is 2. The van der Waals surface area contributed by atoms with E-state index in [4.69, 9.17) is 8.94 Å². The van der Waals surface area contributed by atoms with Crippen LogP contribution in [0.2, 0.25) is 0 Å². The Hall–Kier alpha value is -3.94. The number of anilines is 1. The molecule has 2 amide bonds. The van der Waals surface area contributed by atoms with Crippen LogP contribution in [0.1, 0.15) is 38.7 Å². The maximum atomic E-state index is 13.1. The Morgan fingerprint density at radius 1 is 1.03 bits per heavy atom. The number of carbonyl (C=O) groups is 2. The van der Waals surface area contributed by atoms with Gasteiger partial charge in [-0.3, -0.25) is 9.59 Å². The molecular formula is C24H24N4O4. The van der Waals surface area contributed by atoms with Gasteiger partial charge in [-0.05, 0) is 57.9 Å². The van der Waals surface area contributed by atoms with Gasteiger partial charge >= 0.3 is 0 Å². The van der Waals surface area contributed by atoms with E-state index in [-0.39, 0.29) is 18.2 Å². The van der Waals surface area contributed by atoms with Crippen LogP contribution < -0.4 is 10.6 Å². The van der Waals surface area contributed by atoms with Gasteiger partial charge in [0.25, 0.3) is 11.6 Å². The summed E-state index contributed by atoms with van der Waals surface area (Å²) in [7, 11) is 0. The van der Waals surface area contributed by atoms with Crippen LogP contribution in [0.5, 0.6) is 0 Å². The Balaban J connectivity index is 1.60. The second-order valence-electron chi connectivity index (χ2n) is 7.83. The van der Waals surface area contributed by atoms with Gasteiger partial charge in [-0.2, -0.15) is 0 Å². The summed E-state index contributed by atoms with van der Waals surface area (Å²) in [4.78, 5) is 30.1. The molecule has 0 saturated heterocycles. The number of aromatic nitrogens is 2. The average molecular weight is 432 g/mol. The molecular weight excluding hydrogens is 408 g/mol. The van der Waals surface area contributed by atoms with Gasteiger partial charge in [0.2, 0.25) is 5.91 Å². The maximum absolute atomic E-state index is 13.1. The van der Waals surface area contributed by atoms with E-state index < -0.39 is 5.91 Å². The van der Waals surface area contributed by atoms with Gasteiger partial charge in [0.05, 0.1) is 28.9 Å². The van der Waals surface area contributed by atoms with Crippen LogP contribution in [0.3, 0.4) is 0 Å². The molecule has 0 bridgehead atoms. The van der Waals surface area contributed by atoms with Crippen molar-refractivity contribution in [2.75, 3.05) is 11.9 Å². The molecule has 0 spiro atoms. The standard InChI is InChI=1S/C24H24N4O4/c1-12-7-6-8-13(2)22(12)27-20(29)11-25-23(30)18-10-19(17-9-14(3)31-16(17)5)26-24-21(18)15(4)28-32-24/h6-10H,11H2,1-5H3,(H,25,30)(H,27,29). The van der Waals surface area contributed by atoms with Gasteiger partial charge in [-0.15, -0.1) is 0 Å². The van der Waals surface area contributed by atoms with Gasteiger partial charge in [0.15, 0.2) is 0 Å². The Bertz CT molecular complexity index is 1330. The smallest absolute Gasteiger partial charge is 0.259 e. The summed E-state index contributed by atoms with van der Waals surface area (Å²) in [5.41, 5.74) is 5.09. The van der Waals surface area contributed by atoms with Gasteiger partial charge in [-0.1, -0.05) is 23.4 Å². The van der Waals surface area contributed by atoms with Gasteiger partial charge < -0.3 is 19.6 Å². The van der Waals surface area contributed by atoms with E-state index in [1.807, 2.05) is 52.0 Å². The van der Waals surface area contributed by atoms with Crippen molar-refractivity contribution in [2.45, 2.75) is 34.6 Å². The second kappa shape index (κ2) is 8.30. The number of aryl methyl sites for hydroxylation is 5. The van der Waals surface area contributed by atoms with E-state index in [0.717, 1.165) is 28.1 Å². The topological polar surface area (TPSA) is 110 Å². The molecule has 2 N–H and O–H groups in total. The molecule has 0 unspecified atom stereocenters. The molecule has 164 valence electrons.